The van der Waals surface area contributed by atoms with Gasteiger partial charge >= 0.3 is 0 Å². The molecule has 3 unspecified atom stereocenters. The predicted octanol–water partition coefficient (Wildman–Crippen LogP) is 3.35. The Balaban J connectivity index is 2.35. The lowest BCUT2D eigenvalue weighted by molar-refractivity contribution is 0.0600. The Morgan fingerprint density at radius 2 is 2.11 bits per heavy atom. The molecule has 0 radical (unpaired) electrons. The highest BCUT2D eigenvalue weighted by molar-refractivity contribution is 5.28. The summed E-state index contributed by atoms with van der Waals surface area (Å²) in [7, 11) is 0. The predicted molar refractivity (Wildman–Crippen MR) is 71.0 cm³/mol. The van der Waals surface area contributed by atoms with E-state index in [1.807, 2.05) is 6.92 Å². The molecule has 0 aliphatic carbocycles. The molecule has 0 bridgehead atoms. The molecular weight excluding hydrogens is 248 g/mol. The monoisotopic (exact) mass is 269 g/mol. The molecule has 0 spiro atoms. The average molecular weight is 269 g/mol. The van der Waals surface area contributed by atoms with Crippen LogP contribution in [-0.4, -0.2) is 19.3 Å². The van der Waals surface area contributed by atoms with Crippen LogP contribution in [-0.2, 0) is 4.74 Å². The number of hydrogen-bond acceptors (Lipinski definition) is 2. The molecule has 1 saturated heterocycles. The van der Waals surface area contributed by atoms with Crippen molar-refractivity contribution in [3.8, 4) is 0 Å². The van der Waals surface area contributed by atoms with E-state index in [0.29, 0.717) is 30.2 Å². The van der Waals surface area contributed by atoms with Crippen molar-refractivity contribution >= 4 is 0 Å². The molecule has 1 aromatic rings. The van der Waals surface area contributed by atoms with Crippen molar-refractivity contribution in [3.05, 3.63) is 34.9 Å². The largest absolute Gasteiger partial charge is 0.376 e. The van der Waals surface area contributed by atoms with Gasteiger partial charge in [0, 0.05) is 12.2 Å². The van der Waals surface area contributed by atoms with Crippen molar-refractivity contribution in [3.63, 3.8) is 0 Å². The van der Waals surface area contributed by atoms with Gasteiger partial charge in [0.05, 0.1) is 12.1 Å². The van der Waals surface area contributed by atoms with Gasteiger partial charge in [-0.05, 0) is 43.5 Å². The summed E-state index contributed by atoms with van der Waals surface area (Å²) in [6, 6.07) is 2.26. The zero-order chi connectivity index (χ0) is 14.0. The molecule has 0 aromatic heterocycles. The maximum Gasteiger partial charge on any atom is 0.128 e. The Morgan fingerprint density at radius 1 is 1.37 bits per heavy atom. The van der Waals surface area contributed by atoms with Crippen LogP contribution in [0.4, 0.5) is 8.78 Å². The standard InChI is InChI=1S/C15H21F2NO/c1-4-18-14(15-9(2)5-6-19-15)11-8-12(16)10(3)7-13(11)17/h7-9,14-15,18H,4-6H2,1-3H3. The van der Waals surface area contributed by atoms with Gasteiger partial charge in [-0.15, -0.1) is 0 Å². The Morgan fingerprint density at radius 3 is 2.68 bits per heavy atom. The second-order valence-electron chi connectivity index (χ2n) is 5.26. The average Bonchev–Trinajstić information content (AvgIpc) is 2.77. The fourth-order valence-corrected chi connectivity index (χ4v) is 2.67. The molecule has 1 aliphatic heterocycles. The number of halogens is 2. The van der Waals surface area contributed by atoms with Gasteiger partial charge in [0.25, 0.3) is 0 Å². The molecule has 1 fully saturated rings. The summed E-state index contributed by atoms with van der Waals surface area (Å²) in [5.41, 5.74) is 0.695. The van der Waals surface area contributed by atoms with Crippen LogP contribution in [0.2, 0.25) is 0 Å². The topological polar surface area (TPSA) is 21.3 Å². The van der Waals surface area contributed by atoms with E-state index in [1.165, 1.54) is 12.1 Å². The first kappa shape index (κ1) is 14.4. The van der Waals surface area contributed by atoms with E-state index in [9.17, 15) is 8.78 Å². The van der Waals surface area contributed by atoms with Crippen LogP contribution in [0.25, 0.3) is 0 Å². The number of aryl methyl sites for hydroxylation is 1. The molecule has 1 aromatic carbocycles. The summed E-state index contributed by atoms with van der Waals surface area (Å²) in [6.45, 7) is 6.98. The molecule has 19 heavy (non-hydrogen) atoms. The minimum atomic E-state index is -0.370. The fourth-order valence-electron chi connectivity index (χ4n) is 2.67. The van der Waals surface area contributed by atoms with Gasteiger partial charge in [-0.3, -0.25) is 0 Å². The van der Waals surface area contributed by atoms with E-state index in [4.69, 9.17) is 4.74 Å². The highest BCUT2D eigenvalue weighted by Gasteiger charge is 2.34. The molecule has 2 nitrogen and oxygen atoms in total. The van der Waals surface area contributed by atoms with E-state index in [0.717, 1.165) is 6.42 Å². The van der Waals surface area contributed by atoms with Crippen molar-refractivity contribution in [2.45, 2.75) is 39.3 Å². The first-order chi connectivity index (χ1) is 9.04. The van der Waals surface area contributed by atoms with Gasteiger partial charge in [0.2, 0.25) is 0 Å². The van der Waals surface area contributed by atoms with Gasteiger partial charge in [0.15, 0.2) is 0 Å². The zero-order valence-electron chi connectivity index (χ0n) is 11.7. The summed E-state index contributed by atoms with van der Waals surface area (Å²) in [6.07, 6.45) is 0.860. The van der Waals surface area contributed by atoms with Crippen molar-refractivity contribution in [2.75, 3.05) is 13.2 Å². The Hall–Kier alpha value is -1.00. The van der Waals surface area contributed by atoms with Crippen LogP contribution >= 0.6 is 0 Å². The number of likely N-dealkylation sites (N-methyl/N-ethyl adjacent to an activating group) is 1. The summed E-state index contributed by atoms with van der Waals surface area (Å²) in [5.74, 6) is -0.398. The number of benzene rings is 1. The third kappa shape index (κ3) is 2.95. The highest BCUT2D eigenvalue weighted by atomic mass is 19.1. The Labute approximate surface area is 113 Å². The van der Waals surface area contributed by atoms with E-state index in [2.05, 4.69) is 12.2 Å². The molecule has 106 valence electrons. The minimum Gasteiger partial charge on any atom is -0.376 e. The summed E-state index contributed by atoms with van der Waals surface area (Å²) >= 11 is 0. The lowest BCUT2D eigenvalue weighted by Crippen LogP contribution is -2.35. The van der Waals surface area contributed by atoms with Crippen molar-refractivity contribution < 1.29 is 13.5 Å². The van der Waals surface area contributed by atoms with Crippen molar-refractivity contribution in [1.82, 2.24) is 5.32 Å². The van der Waals surface area contributed by atoms with E-state index < -0.39 is 0 Å². The van der Waals surface area contributed by atoms with Crippen LogP contribution in [0.15, 0.2) is 12.1 Å². The van der Waals surface area contributed by atoms with E-state index in [1.54, 1.807) is 6.92 Å². The number of hydrogen-bond donors (Lipinski definition) is 1. The van der Waals surface area contributed by atoms with E-state index >= 15 is 0 Å². The molecular formula is C15H21F2NO. The smallest absolute Gasteiger partial charge is 0.128 e. The van der Waals surface area contributed by atoms with Crippen LogP contribution < -0.4 is 5.32 Å². The normalized spacial score (nSPS) is 24.7. The first-order valence-corrected chi connectivity index (χ1v) is 6.85. The lowest BCUT2D eigenvalue weighted by Gasteiger charge is -2.27. The van der Waals surface area contributed by atoms with Crippen molar-refractivity contribution in [1.29, 1.82) is 0 Å². The second kappa shape index (κ2) is 5.97. The fraction of sp³-hybridized carbons (Fsp3) is 0.600. The quantitative estimate of drug-likeness (QED) is 0.905. The highest BCUT2D eigenvalue weighted by Crippen LogP contribution is 2.33. The number of rotatable bonds is 4. The summed E-state index contributed by atoms with van der Waals surface area (Å²) < 4.78 is 33.5. The van der Waals surface area contributed by atoms with Crippen LogP contribution in [0.1, 0.15) is 37.4 Å². The Bertz CT molecular complexity index is 450. The number of nitrogens with one attached hydrogen (secondary N) is 1. The zero-order valence-corrected chi connectivity index (χ0v) is 11.7. The maximum atomic E-state index is 14.1. The molecule has 4 heteroatoms. The Kier molecular flexibility index (Phi) is 4.53. The summed E-state index contributed by atoms with van der Waals surface area (Å²) in [5, 5.41) is 3.23. The number of ether oxygens (including phenoxy) is 1. The van der Waals surface area contributed by atoms with E-state index in [-0.39, 0.29) is 23.8 Å². The molecule has 1 heterocycles. The van der Waals surface area contributed by atoms with Gasteiger partial charge in [0.1, 0.15) is 11.6 Å². The molecule has 1 N–H and O–H groups in total. The molecule has 2 rings (SSSR count). The lowest BCUT2D eigenvalue weighted by atomic mass is 9.91. The van der Waals surface area contributed by atoms with Gasteiger partial charge < -0.3 is 10.1 Å². The van der Waals surface area contributed by atoms with Crippen molar-refractivity contribution in [2.24, 2.45) is 5.92 Å². The minimum absolute atomic E-state index is 0.100. The molecule has 3 atom stereocenters. The van der Waals surface area contributed by atoms with Crippen LogP contribution in [0, 0.1) is 24.5 Å². The second-order valence-corrected chi connectivity index (χ2v) is 5.26. The molecule has 0 amide bonds. The van der Waals surface area contributed by atoms with Gasteiger partial charge in [-0.2, -0.15) is 0 Å². The third-order valence-corrected chi connectivity index (χ3v) is 3.81. The van der Waals surface area contributed by atoms with Crippen LogP contribution in [0.3, 0.4) is 0 Å². The molecule has 0 saturated carbocycles. The first-order valence-electron chi connectivity index (χ1n) is 6.85. The van der Waals surface area contributed by atoms with Crippen LogP contribution in [0.5, 0.6) is 0 Å². The SMILES string of the molecule is CCNC(c1cc(F)c(C)cc1F)C1OCCC1C. The third-order valence-electron chi connectivity index (χ3n) is 3.81. The van der Waals surface area contributed by atoms with Gasteiger partial charge in [-0.1, -0.05) is 13.8 Å². The van der Waals surface area contributed by atoms with Gasteiger partial charge in [-0.25, -0.2) is 8.78 Å². The maximum absolute atomic E-state index is 14.1. The summed E-state index contributed by atoms with van der Waals surface area (Å²) in [4.78, 5) is 0. The molecule has 1 aliphatic rings.